The number of hydrazone groups is 1. The first-order valence-electron chi connectivity index (χ1n) is 9.09. The van der Waals surface area contributed by atoms with Crippen LogP contribution in [0.4, 0.5) is 5.69 Å². The Kier molecular flexibility index (Phi) is 8.52. The van der Waals surface area contributed by atoms with E-state index in [9.17, 15) is 9.59 Å². The number of hydrogen-bond acceptors (Lipinski definition) is 5. The molecule has 0 spiro atoms. The molecule has 148 valence electrons. The van der Waals surface area contributed by atoms with Gasteiger partial charge in [0, 0.05) is 11.8 Å². The largest absolute Gasteiger partial charge is 0.497 e. The van der Waals surface area contributed by atoms with Crippen molar-refractivity contribution in [2.45, 2.75) is 26.2 Å². The monoisotopic (exact) mass is 383 g/mol. The summed E-state index contributed by atoms with van der Waals surface area (Å²) < 4.78 is 10.7. The first-order valence-corrected chi connectivity index (χ1v) is 9.09. The number of unbranched alkanes of at least 4 members (excludes halogenated alkanes) is 1. The SMILES string of the molecule is CCCCOc1cccc(C=NNC(=O)CC(=O)Nc2cccc(OC)c2)c1. The molecular weight excluding hydrogens is 358 g/mol. The zero-order valence-corrected chi connectivity index (χ0v) is 16.1. The number of amides is 2. The van der Waals surface area contributed by atoms with Gasteiger partial charge in [0.05, 0.1) is 19.9 Å². The van der Waals surface area contributed by atoms with Crippen LogP contribution < -0.4 is 20.2 Å². The van der Waals surface area contributed by atoms with Gasteiger partial charge in [0.25, 0.3) is 0 Å². The summed E-state index contributed by atoms with van der Waals surface area (Å²) in [6.45, 7) is 2.77. The zero-order chi connectivity index (χ0) is 20.2. The van der Waals surface area contributed by atoms with Crippen LogP contribution in [0.1, 0.15) is 31.7 Å². The molecule has 2 aromatic rings. The molecule has 0 saturated heterocycles. The van der Waals surface area contributed by atoms with Crippen molar-refractivity contribution >= 4 is 23.7 Å². The van der Waals surface area contributed by atoms with E-state index < -0.39 is 11.8 Å². The van der Waals surface area contributed by atoms with Crippen LogP contribution in [0.3, 0.4) is 0 Å². The van der Waals surface area contributed by atoms with Crippen LogP contribution in [-0.2, 0) is 9.59 Å². The number of nitrogens with zero attached hydrogens (tertiary/aromatic N) is 1. The maximum Gasteiger partial charge on any atom is 0.249 e. The van der Waals surface area contributed by atoms with Crippen molar-refractivity contribution in [2.75, 3.05) is 19.0 Å². The van der Waals surface area contributed by atoms with Gasteiger partial charge >= 0.3 is 0 Å². The number of rotatable bonds is 10. The number of anilines is 1. The van der Waals surface area contributed by atoms with E-state index in [0.29, 0.717) is 18.0 Å². The summed E-state index contributed by atoms with van der Waals surface area (Å²) in [5.41, 5.74) is 3.69. The Labute approximate surface area is 164 Å². The van der Waals surface area contributed by atoms with Gasteiger partial charge in [0.15, 0.2) is 0 Å². The van der Waals surface area contributed by atoms with E-state index in [0.717, 1.165) is 24.2 Å². The van der Waals surface area contributed by atoms with Crippen molar-refractivity contribution < 1.29 is 19.1 Å². The molecule has 0 heterocycles. The summed E-state index contributed by atoms with van der Waals surface area (Å²) in [6, 6.07) is 14.3. The fourth-order valence-corrected chi connectivity index (χ4v) is 2.29. The Morgan fingerprint density at radius 3 is 2.64 bits per heavy atom. The van der Waals surface area contributed by atoms with E-state index in [1.807, 2.05) is 24.3 Å². The van der Waals surface area contributed by atoms with Crippen molar-refractivity contribution in [3.8, 4) is 11.5 Å². The average Bonchev–Trinajstić information content (AvgIpc) is 2.68. The van der Waals surface area contributed by atoms with Crippen LogP contribution in [0.25, 0.3) is 0 Å². The molecule has 2 amide bonds. The molecule has 7 nitrogen and oxygen atoms in total. The molecular formula is C21H25N3O4. The third kappa shape index (κ3) is 7.49. The number of hydrogen-bond donors (Lipinski definition) is 2. The fourth-order valence-electron chi connectivity index (χ4n) is 2.29. The quantitative estimate of drug-likeness (QED) is 0.285. The first-order chi connectivity index (χ1) is 13.6. The Hall–Kier alpha value is -3.35. The predicted octanol–water partition coefficient (Wildman–Crippen LogP) is 3.35. The van der Waals surface area contributed by atoms with Crippen LogP contribution in [0.5, 0.6) is 11.5 Å². The van der Waals surface area contributed by atoms with Gasteiger partial charge in [-0.1, -0.05) is 31.5 Å². The molecule has 0 aliphatic carbocycles. The van der Waals surface area contributed by atoms with Gasteiger partial charge in [-0.05, 0) is 36.2 Å². The van der Waals surface area contributed by atoms with E-state index in [-0.39, 0.29) is 6.42 Å². The lowest BCUT2D eigenvalue weighted by Crippen LogP contribution is -2.24. The molecule has 0 aliphatic rings. The molecule has 0 bridgehead atoms. The Balaban J connectivity index is 1.79. The normalized spacial score (nSPS) is 10.5. The smallest absolute Gasteiger partial charge is 0.249 e. The van der Waals surface area contributed by atoms with Gasteiger partial charge in [0.1, 0.15) is 17.9 Å². The number of carbonyl (C=O) groups excluding carboxylic acids is 2. The highest BCUT2D eigenvalue weighted by atomic mass is 16.5. The molecule has 28 heavy (non-hydrogen) atoms. The minimum absolute atomic E-state index is 0.339. The van der Waals surface area contributed by atoms with E-state index in [2.05, 4.69) is 22.8 Å². The van der Waals surface area contributed by atoms with Gasteiger partial charge in [-0.15, -0.1) is 0 Å². The van der Waals surface area contributed by atoms with Crippen LogP contribution in [0.2, 0.25) is 0 Å². The summed E-state index contributed by atoms with van der Waals surface area (Å²) >= 11 is 0. The second kappa shape index (κ2) is 11.4. The number of nitrogens with one attached hydrogen (secondary N) is 2. The summed E-state index contributed by atoms with van der Waals surface area (Å²) in [6.07, 6.45) is 3.23. The van der Waals surface area contributed by atoms with Gasteiger partial charge in [-0.25, -0.2) is 5.43 Å². The third-order valence-electron chi connectivity index (χ3n) is 3.70. The number of carbonyl (C=O) groups is 2. The van der Waals surface area contributed by atoms with Crippen LogP contribution in [0.15, 0.2) is 53.6 Å². The van der Waals surface area contributed by atoms with Crippen molar-refractivity contribution in [2.24, 2.45) is 5.10 Å². The highest BCUT2D eigenvalue weighted by molar-refractivity contribution is 6.03. The van der Waals surface area contributed by atoms with Gasteiger partial charge in [-0.2, -0.15) is 5.10 Å². The molecule has 2 N–H and O–H groups in total. The highest BCUT2D eigenvalue weighted by Crippen LogP contribution is 2.16. The van der Waals surface area contributed by atoms with Gasteiger partial charge < -0.3 is 14.8 Å². The molecule has 0 radical (unpaired) electrons. The average molecular weight is 383 g/mol. The minimum atomic E-state index is -0.507. The van der Waals surface area contributed by atoms with Gasteiger partial charge in [0.2, 0.25) is 11.8 Å². The molecule has 0 atom stereocenters. The van der Waals surface area contributed by atoms with E-state index >= 15 is 0 Å². The predicted molar refractivity (Wildman–Crippen MR) is 109 cm³/mol. The van der Waals surface area contributed by atoms with Crippen LogP contribution >= 0.6 is 0 Å². The van der Waals surface area contributed by atoms with Gasteiger partial charge in [-0.3, -0.25) is 9.59 Å². The molecule has 7 heteroatoms. The van der Waals surface area contributed by atoms with Crippen molar-refractivity contribution in [1.82, 2.24) is 5.43 Å². The summed E-state index contributed by atoms with van der Waals surface area (Å²) in [7, 11) is 1.54. The summed E-state index contributed by atoms with van der Waals surface area (Å²) in [5, 5.41) is 6.53. The number of ether oxygens (including phenoxy) is 2. The van der Waals surface area contributed by atoms with E-state index in [1.54, 1.807) is 31.4 Å². The lowest BCUT2D eigenvalue weighted by Gasteiger charge is -2.06. The van der Waals surface area contributed by atoms with Crippen LogP contribution in [0, 0.1) is 0 Å². The number of methoxy groups -OCH3 is 1. The maximum absolute atomic E-state index is 11.9. The van der Waals surface area contributed by atoms with E-state index in [4.69, 9.17) is 9.47 Å². The summed E-state index contributed by atoms with van der Waals surface area (Å²) in [5.74, 6) is 0.424. The van der Waals surface area contributed by atoms with Crippen molar-refractivity contribution in [1.29, 1.82) is 0 Å². The Bertz CT molecular complexity index is 821. The molecule has 0 unspecified atom stereocenters. The third-order valence-corrected chi connectivity index (χ3v) is 3.70. The zero-order valence-electron chi connectivity index (χ0n) is 16.1. The van der Waals surface area contributed by atoms with E-state index in [1.165, 1.54) is 6.21 Å². The Morgan fingerprint density at radius 1 is 1.07 bits per heavy atom. The van der Waals surface area contributed by atoms with Crippen molar-refractivity contribution in [3.05, 3.63) is 54.1 Å². The minimum Gasteiger partial charge on any atom is -0.497 e. The lowest BCUT2D eigenvalue weighted by atomic mass is 10.2. The maximum atomic E-state index is 11.9. The molecule has 0 saturated carbocycles. The molecule has 2 rings (SSSR count). The standard InChI is InChI=1S/C21H25N3O4/c1-3-4-11-28-19-10-5-7-16(12-19)15-22-24-21(26)14-20(25)23-17-8-6-9-18(13-17)27-2/h5-10,12-13,15H,3-4,11,14H2,1-2H3,(H,23,25)(H,24,26). The van der Waals surface area contributed by atoms with Crippen molar-refractivity contribution in [3.63, 3.8) is 0 Å². The topological polar surface area (TPSA) is 89.0 Å². The molecule has 0 fully saturated rings. The fraction of sp³-hybridized carbons (Fsp3) is 0.286. The second-order valence-corrected chi connectivity index (χ2v) is 6.02. The van der Waals surface area contributed by atoms with Crippen LogP contribution in [-0.4, -0.2) is 31.7 Å². The second-order valence-electron chi connectivity index (χ2n) is 6.02. The molecule has 2 aromatic carbocycles. The number of benzene rings is 2. The Morgan fingerprint density at radius 2 is 1.86 bits per heavy atom. The molecule has 0 aliphatic heterocycles. The highest BCUT2D eigenvalue weighted by Gasteiger charge is 2.09. The molecule has 0 aromatic heterocycles. The lowest BCUT2D eigenvalue weighted by molar-refractivity contribution is -0.126. The summed E-state index contributed by atoms with van der Waals surface area (Å²) in [4.78, 5) is 23.8. The first kappa shape index (κ1) is 21.0.